The van der Waals surface area contributed by atoms with Crippen molar-refractivity contribution in [2.75, 3.05) is 33.2 Å². The number of amides is 1. The Morgan fingerprint density at radius 2 is 2.00 bits per heavy atom. The number of piperazine rings is 1. The zero-order valence-corrected chi connectivity index (χ0v) is 12.7. The van der Waals surface area contributed by atoms with E-state index in [0.717, 1.165) is 13.1 Å². The monoisotopic (exact) mass is 328 g/mol. The van der Waals surface area contributed by atoms with Crippen molar-refractivity contribution in [3.8, 4) is 0 Å². The molecular weight excluding hydrogens is 312 g/mol. The molecule has 0 atom stereocenters. The molecule has 1 aliphatic rings. The van der Waals surface area contributed by atoms with E-state index in [0.29, 0.717) is 23.3 Å². The molecule has 7 heteroatoms. The first kappa shape index (κ1) is 14.2. The molecule has 19 heavy (non-hydrogen) atoms. The van der Waals surface area contributed by atoms with Gasteiger partial charge in [-0.1, -0.05) is 0 Å². The van der Waals surface area contributed by atoms with E-state index in [-0.39, 0.29) is 18.0 Å². The number of halogens is 1. The van der Waals surface area contributed by atoms with Crippen LogP contribution in [-0.4, -0.2) is 58.5 Å². The SMILES string of the molecule is Cc1ncn(CC(=O)N2CCN(C)CC2)c(=O)c1Br. The van der Waals surface area contributed by atoms with E-state index in [1.54, 1.807) is 11.8 Å². The van der Waals surface area contributed by atoms with Gasteiger partial charge in [-0.2, -0.15) is 0 Å². The van der Waals surface area contributed by atoms with Crippen LogP contribution in [0.2, 0.25) is 0 Å². The van der Waals surface area contributed by atoms with Gasteiger partial charge in [0.05, 0.1) is 12.0 Å². The molecule has 1 aromatic heterocycles. The van der Waals surface area contributed by atoms with Crippen LogP contribution in [0.15, 0.2) is 15.6 Å². The topological polar surface area (TPSA) is 58.4 Å². The predicted octanol–water partition coefficient (Wildman–Crippen LogP) is 0.0882. The summed E-state index contributed by atoms with van der Waals surface area (Å²) >= 11 is 3.20. The minimum absolute atomic E-state index is 0.0345. The molecule has 0 saturated carbocycles. The van der Waals surface area contributed by atoms with E-state index in [4.69, 9.17) is 0 Å². The Morgan fingerprint density at radius 3 is 2.63 bits per heavy atom. The number of carbonyl (C=O) groups excluding carboxylic acids is 1. The zero-order valence-electron chi connectivity index (χ0n) is 11.1. The molecule has 0 spiro atoms. The van der Waals surface area contributed by atoms with Crippen LogP contribution in [0.3, 0.4) is 0 Å². The minimum Gasteiger partial charge on any atom is -0.339 e. The fraction of sp³-hybridized carbons (Fsp3) is 0.583. The van der Waals surface area contributed by atoms with Crippen LogP contribution in [0.5, 0.6) is 0 Å². The summed E-state index contributed by atoms with van der Waals surface area (Å²) in [7, 11) is 2.04. The fourth-order valence-corrected chi connectivity index (χ4v) is 2.29. The maximum atomic E-state index is 12.1. The van der Waals surface area contributed by atoms with Crippen molar-refractivity contribution in [2.45, 2.75) is 13.5 Å². The summed E-state index contributed by atoms with van der Waals surface area (Å²) in [6.07, 6.45) is 1.43. The number of aromatic nitrogens is 2. The lowest BCUT2D eigenvalue weighted by Gasteiger charge is -2.32. The summed E-state index contributed by atoms with van der Waals surface area (Å²) in [4.78, 5) is 32.1. The summed E-state index contributed by atoms with van der Waals surface area (Å²) in [5.74, 6) is -0.0345. The third-order valence-electron chi connectivity index (χ3n) is 3.32. The lowest BCUT2D eigenvalue weighted by Crippen LogP contribution is -2.48. The van der Waals surface area contributed by atoms with Crippen molar-refractivity contribution in [2.24, 2.45) is 0 Å². The standard InChI is InChI=1S/C12H17BrN4O2/c1-9-11(13)12(19)17(8-14-9)7-10(18)16-5-3-15(2)4-6-16/h8H,3-7H2,1-2H3. The lowest BCUT2D eigenvalue weighted by molar-refractivity contribution is -0.133. The average molecular weight is 329 g/mol. The summed E-state index contributed by atoms with van der Waals surface area (Å²) in [6, 6.07) is 0. The number of rotatable bonds is 2. The predicted molar refractivity (Wildman–Crippen MR) is 75.0 cm³/mol. The van der Waals surface area contributed by atoms with Gasteiger partial charge in [-0.15, -0.1) is 0 Å². The van der Waals surface area contributed by atoms with Gasteiger partial charge in [0.15, 0.2) is 0 Å². The van der Waals surface area contributed by atoms with Crippen LogP contribution < -0.4 is 5.56 Å². The molecule has 0 aliphatic carbocycles. The van der Waals surface area contributed by atoms with Gasteiger partial charge in [-0.25, -0.2) is 4.98 Å². The van der Waals surface area contributed by atoms with Gasteiger partial charge in [-0.3, -0.25) is 14.2 Å². The Bertz CT molecular complexity index is 535. The van der Waals surface area contributed by atoms with Crippen molar-refractivity contribution < 1.29 is 4.79 Å². The highest BCUT2D eigenvalue weighted by Gasteiger charge is 2.19. The molecule has 0 N–H and O–H groups in total. The van der Waals surface area contributed by atoms with E-state index in [1.807, 2.05) is 7.05 Å². The second-order valence-electron chi connectivity index (χ2n) is 4.76. The fourth-order valence-electron chi connectivity index (χ4n) is 1.96. The Morgan fingerprint density at radius 1 is 1.37 bits per heavy atom. The molecule has 1 fully saturated rings. The number of likely N-dealkylation sites (N-methyl/N-ethyl adjacent to an activating group) is 1. The van der Waals surface area contributed by atoms with Gasteiger partial charge >= 0.3 is 0 Å². The normalized spacial score (nSPS) is 16.7. The van der Waals surface area contributed by atoms with Crippen LogP contribution in [0.1, 0.15) is 5.69 Å². The first-order chi connectivity index (χ1) is 8.99. The summed E-state index contributed by atoms with van der Waals surface area (Å²) in [5, 5.41) is 0. The molecule has 1 aromatic rings. The Hall–Kier alpha value is -1.21. The Kier molecular flexibility index (Phi) is 4.36. The number of nitrogens with zero attached hydrogens (tertiary/aromatic N) is 4. The number of carbonyl (C=O) groups is 1. The van der Waals surface area contributed by atoms with E-state index in [1.165, 1.54) is 10.9 Å². The lowest BCUT2D eigenvalue weighted by atomic mass is 10.3. The van der Waals surface area contributed by atoms with Gasteiger partial charge < -0.3 is 9.80 Å². The van der Waals surface area contributed by atoms with Crippen molar-refractivity contribution in [1.29, 1.82) is 0 Å². The van der Waals surface area contributed by atoms with Gasteiger partial charge in [0, 0.05) is 26.2 Å². The molecule has 1 amide bonds. The highest BCUT2D eigenvalue weighted by atomic mass is 79.9. The van der Waals surface area contributed by atoms with E-state index in [9.17, 15) is 9.59 Å². The van der Waals surface area contributed by atoms with E-state index >= 15 is 0 Å². The first-order valence-electron chi connectivity index (χ1n) is 6.17. The quantitative estimate of drug-likeness (QED) is 0.772. The third kappa shape index (κ3) is 3.22. The number of aryl methyl sites for hydroxylation is 1. The molecule has 2 rings (SSSR count). The van der Waals surface area contributed by atoms with Crippen LogP contribution in [-0.2, 0) is 11.3 Å². The first-order valence-corrected chi connectivity index (χ1v) is 6.96. The summed E-state index contributed by atoms with van der Waals surface area (Å²) < 4.78 is 1.76. The van der Waals surface area contributed by atoms with Gasteiger partial charge in [-0.05, 0) is 29.9 Å². The third-order valence-corrected chi connectivity index (χ3v) is 4.23. The highest BCUT2D eigenvalue weighted by Crippen LogP contribution is 2.06. The molecule has 2 heterocycles. The summed E-state index contributed by atoms with van der Waals surface area (Å²) in [5.41, 5.74) is 0.420. The highest BCUT2D eigenvalue weighted by molar-refractivity contribution is 9.10. The van der Waals surface area contributed by atoms with Crippen molar-refractivity contribution in [1.82, 2.24) is 19.4 Å². The molecule has 0 radical (unpaired) electrons. The maximum Gasteiger partial charge on any atom is 0.268 e. The van der Waals surface area contributed by atoms with Crippen molar-refractivity contribution in [3.05, 3.63) is 26.8 Å². The largest absolute Gasteiger partial charge is 0.339 e. The van der Waals surface area contributed by atoms with E-state index in [2.05, 4.69) is 25.8 Å². The molecule has 1 saturated heterocycles. The van der Waals surface area contributed by atoms with E-state index < -0.39 is 0 Å². The van der Waals surface area contributed by atoms with Crippen LogP contribution in [0.4, 0.5) is 0 Å². The summed E-state index contributed by atoms with van der Waals surface area (Å²) in [6.45, 7) is 4.97. The zero-order chi connectivity index (χ0) is 14.0. The Labute approximate surface area is 120 Å². The molecule has 0 unspecified atom stereocenters. The molecular formula is C12H17BrN4O2. The molecule has 104 valence electrons. The molecule has 0 aromatic carbocycles. The Balaban J connectivity index is 2.07. The average Bonchev–Trinajstić information content (AvgIpc) is 2.40. The van der Waals surface area contributed by atoms with Crippen molar-refractivity contribution >= 4 is 21.8 Å². The second kappa shape index (κ2) is 5.83. The van der Waals surface area contributed by atoms with Crippen LogP contribution in [0.25, 0.3) is 0 Å². The molecule has 1 aliphatic heterocycles. The van der Waals surface area contributed by atoms with Gasteiger partial charge in [0.1, 0.15) is 11.0 Å². The number of hydrogen-bond acceptors (Lipinski definition) is 4. The van der Waals surface area contributed by atoms with Crippen LogP contribution >= 0.6 is 15.9 Å². The minimum atomic E-state index is -0.213. The molecule has 6 nitrogen and oxygen atoms in total. The molecule has 0 bridgehead atoms. The van der Waals surface area contributed by atoms with Crippen LogP contribution in [0, 0.1) is 6.92 Å². The van der Waals surface area contributed by atoms with Gasteiger partial charge in [0.25, 0.3) is 5.56 Å². The van der Waals surface area contributed by atoms with Crippen molar-refractivity contribution in [3.63, 3.8) is 0 Å². The maximum absolute atomic E-state index is 12.1. The van der Waals surface area contributed by atoms with Gasteiger partial charge in [0.2, 0.25) is 5.91 Å². The second-order valence-corrected chi connectivity index (χ2v) is 5.55. The smallest absolute Gasteiger partial charge is 0.268 e. The number of hydrogen-bond donors (Lipinski definition) is 0.